The summed E-state index contributed by atoms with van der Waals surface area (Å²) in [6.45, 7) is 0. The highest BCUT2D eigenvalue weighted by molar-refractivity contribution is 6.02. The van der Waals surface area contributed by atoms with Crippen LogP contribution in [0, 0.1) is 0 Å². The molecule has 1 heteroatoms. The van der Waals surface area contributed by atoms with Crippen LogP contribution in [0.2, 0.25) is 0 Å². The average molecular weight is 710 g/mol. The minimum absolute atomic E-state index is 0.404. The number of nitrogens with zero attached hydrogens (tertiary/aromatic N) is 1. The van der Waals surface area contributed by atoms with Crippen LogP contribution < -0.4 is 4.90 Å². The lowest BCUT2D eigenvalue weighted by Gasteiger charge is -2.31. The number of benzene rings is 10. The van der Waals surface area contributed by atoms with E-state index in [-0.39, 0.29) is 0 Å². The first-order valence-electron chi connectivity index (χ1n) is 19.5. The van der Waals surface area contributed by atoms with Gasteiger partial charge in [0, 0.05) is 16.8 Å². The summed E-state index contributed by atoms with van der Waals surface area (Å²) >= 11 is 0. The highest BCUT2D eigenvalue weighted by Gasteiger charge is 2.51. The van der Waals surface area contributed by atoms with Crippen LogP contribution in [-0.4, -0.2) is 0 Å². The monoisotopic (exact) mass is 709 g/mol. The molecule has 0 amide bonds. The summed E-state index contributed by atoms with van der Waals surface area (Å²) in [7, 11) is 0. The molecule has 2 aliphatic rings. The van der Waals surface area contributed by atoms with Crippen molar-refractivity contribution in [3.8, 4) is 33.4 Å². The van der Waals surface area contributed by atoms with Crippen molar-refractivity contribution in [3.05, 3.63) is 235 Å². The Bertz CT molecular complexity index is 3200. The van der Waals surface area contributed by atoms with Gasteiger partial charge in [-0.25, -0.2) is 0 Å². The third kappa shape index (κ3) is 4.37. The van der Waals surface area contributed by atoms with E-state index in [1.807, 2.05) is 0 Å². The number of anilines is 3. The molecule has 1 nitrogen and oxygen atoms in total. The maximum absolute atomic E-state index is 2.48. The number of hydrogen-bond donors (Lipinski definition) is 0. The molecular weight excluding hydrogens is 675 g/mol. The summed E-state index contributed by atoms with van der Waals surface area (Å²) in [6.07, 6.45) is 0. The van der Waals surface area contributed by atoms with E-state index in [9.17, 15) is 0 Å². The fraction of sp³-hybridized carbons (Fsp3) is 0.0182. The van der Waals surface area contributed by atoms with Crippen molar-refractivity contribution < 1.29 is 0 Å². The maximum atomic E-state index is 2.48. The predicted molar refractivity (Wildman–Crippen MR) is 235 cm³/mol. The van der Waals surface area contributed by atoms with Crippen LogP contribution in [0.1, 0.15) is 22.3 Å². The van der Waals surface area contributed by atoms with E-state index in [1.54, 1.807) is 0 Å². The van der Waals surface area contributed by atoms with Crippen LogP contribution in [-0.2, 0) is 5.41 Å². The Morgan fingerprint density at radius 1 is 0.286 bits per heavy atom. The number of fused-ring (bicyclic) bond motifs is 13. The van der Waals surface area contributed by atoms with Gasteiger partial charge in [-0.3, -0.25) is 0 Å². The molecule has 0 bridgehead atoms. The minimum Gasteiger partial charge on any atom is -0.310 e. The van der Waals surface area contributed by atoms with Gasteiger partial charge in [-0.15, -0.1) is 0 Å². The molecule has 0 saturated heterocycles. The zero-order chi connectivity index (χ0) is 36.8. The van der Waals surface area contributed by atoms with Crippen molar-refractivity contribution >= 4 is 49.4 Å². The molecule has 0 heterocycles. The molecule has 0 radical (unpaired) electrons. The smallest absolute Gasteiger partial charge is 0.0725 e. The van der Waals surface area contributed by atoms with Gasteiger partial charge in [0.05, 0.1) is 11.1 Å². The number of hydrogen-bond acceptors (Lipinski definition) is 1. The third-order valence-electron chi connectivity index (χ3n) is 12.4. The van der Waals surface area contributed by atoms with Crippen LogP contribution in [0.15, 0.2) is 212 Å². The van der Waals surface area contributed by atoms with Crippen LogP contribution >= 0.6 is 0 Å². The van der Waals surface area contributed by atoms with Crippen LogP contribution in [0.25, 0.3) is 65.7 Å². The van der Waals surface area contributed by atoms with Crippen molar-refractivity contribution in [1.82, 2.24) is 0 Å². The Morgan fingerprint density at radius 3 is 1.59 bits per heavy atom. The van der Waals surface area contributed by atoms with Crippen LogP contribution in [0.5, 0.6) is 0 Å². The van der Waals surface area contributed by atoms with Crippen molar-refractivity contribution in [3.63, 3.8) is 0 Å². The van der Waals surface area contributed by atoms with Gasteiger partial charge >= 0.3 is 0 Å². The average Bonchev–Trinajstić information content (AvgIpc) is 3.72. The first kappa shape index (κ1) is 31.2. The SMILES string of the molecule is c1ccc2c(c1)-c1ccc(-c3ccc(N(c4ccc5ccccc5c4)c4cccc5ccccc45)cc3)cc1[C@]21c2ccccc2-c2cc3ccccc3cc21. The Kier molecular flexibility index (Phi) is 6.62. The first-order valence-corrected chi connectivity index (χ1v) is 19.5. The highest BCUT2D eigenvalue weighted by atomic mass is 15.1. The molecule has 260 valence electrons. The van der Waals surface area contributed by atoms with Crippen molar-refractivity contribution in [2.45, 2.75) is 5.41 Å². The second-order valence-electron chi connectivity index (χ2n) is 15.3. The predicted octanol–water partition coefficient (Wildman–Crippen LogP) is 14.6. The van der Waals surface area contributed by atoms with E-state index < -0.39 is 5.41 Å². The van der Waals surface area contributed by atoms with Gasteiger partial charge in [-0.05, 0) is 131 Å². The van der Waals surface area contributed by atoms with Gasteiger partial charge in [0.2, 0.25) is 0 Å². The lowest BCUT2D eigenvalue weighted by atomic mass is 9.70. The topological polar surface area (TPSA) is 3.24 Å². The Labute approximate surface area is 326 Å². The van der Waals surface area contributed by atoms with E-state index in [0.717, 1.165) is 17.1 Å². The van der Waals surface area contributed by atoms with E-state index in [4.69, 9.17) is 0 Å². The lowest BCUT2D eigenvalue weighted by Crippen LogP contribution is -2.25. The molecule has 0 N–H and O–H groups in total. The lowest BCUT2D eigenvalue weighted by molar-refractivity contribution is 0.795. The van der Waals surface area contributed by atoms with E-state index in [2.05, 4.69) is 217 Å². The van der Waals surface area contributed by atoms with Gasteiger partial charge < -0.3 is 4.90 Å². The Morgan fingerprint density at radius 2 is 0.821 bits per heavy atom. The molecule has 0 aliphatic heterocycles. The van der Waals surface area contributed by atoms with Crippen molar-refractivity contribution in [1.29, 1.82) is 0 Å². The molecule has 1 spiro atoms. The van der Waals surface area contributed by atoms with E-state index in [0.29, 0.717) is 0 Å². The van der Waals surface area contributed by atoms with Gasteiger partial charge in [-0.1, -0.05) is 164 Å². The summed E-state index contributed by atoms with van der Waals surface area (Å²) in [5.41, 5.74) is 16.2. The zero-order valence-corrected chi connectivity index (χ0v) is 30.7. The molecule has 0 fully saturated rings. The molecule has 56 heavy (non-hydrogen) atoms. The van der Waals surface area contributed by atoms with Gasteiger partial charge in [0.25, 0.3) is 0 Å². The Hall–Kier alpha value is -7.22. The Balaban J connectivity index is 1.03. The first-order chi connectivity index (χ1) is 27.8. The summed E-state index contributed by atoms with van der Waals surface area (Å²) in [6, 6.07) is 78.9. The maximum Gasteiger partial charge on any atom is 0.0725 e. The quantitative estimate of drug-likeness (QED) is 0.176. The largest absolute Gasteiger partial charge is 0.310 e. The van der Waals surface area contributed by atoms with Gasteiger partial charge in [0.15, 0.2) is 0 Å². The molecule has 0 unspecified atom stereocenters. The molecule has 12 rings (SSSR count). The van der Waals surface area contributed by atoms with Gasteiger partial charge in [-0.2, -0.15) is 0 Å². The molecule has 2 aliphatic carbocycles. The highest BCUT2D eigenvalue weighted by Crippen LogP contribution is 2.63. The third-order valence-corrected chi connectivity index (χ3v) is 12.4. The summed E-state index contributed by atoms with van der Waals surface area (Å²) in [4.78, 5) is 2.41. The van der Waals surface area contributed by atoms with Crippen LogP contribution in [0.3, 0.4) is 0 Å². The molecule has 10 aromatic carbocycles. The molecule has 10 aromatic rings. The molecule has 1 atom stereocenters. The second kappa shape index (κ2) is 11.9. The van der Waals surface area contributed by atoms with E-state index in [1.165, 1.54) is 88.0 Å². The molecular formula is C55H35N. The van der Waals surface area contributed by atoms with Crippen molar-refractivity contribution in [2.75, 3.05) is 4.90 Å². The second-order valence-corrected chi connectivity index (χ2v) is 15.3. The number of rotatable bonds is 4. The molecule has 0 saturated carbocycles. The summed E-state index contributed by atoms with van der Waals surface area (Å²) in [5.74, 6) is 0. The zero-order valence-electron chi connectivity index (χ0n) is 30.7. The standard InChI is InChI=1S/C55H35N/c1-2-14-39-32-44(30-26-36(39)12-1)56(54-23-11-17-38-13-5-6-18-45(38)54)43-28-24-37(25-29-43)42-27-31-48-46-19-7-9-21-50(46)55(52(48)35-42)51-22-10-8-20-47(51)49-33-40-15-3-4-16-41(40)34-53(49)55/h1-35H/t55-/m1/s1. The van der Waals surface area contributed by atoms with Crippen molar-refractivity contribution in [2.24, 2.45) is 0 Å². The normalized spacial score (nSPS) is 14.9. The fourth-order valence-electron chi connectivity index (χ4n) is 9.95. The van der Waals surface area contributed by atoms with E-state index >= 15 is 0 Å². The van der Waals surface area contributed by atoms with Crippen LogP contribution in [0.4, 0.5) is 17.1 Å². The fourth-order valence-corrected chi connectivity index (χ4v) is 9.95. The summed E-state index contributed by atoms with van der Waals surface area (Å²) in [5, 5.41) is 7.46. The minimum atomic E-state index is -0.404. The molecule has 0 aromatic heterocycles. The van der Waals surface area contributed by atoms with Gasteiger partial charge in [0.1, 0.15) is 0 Å². The summed E-state index contributed by atoms with van der Waals surface area (Å²) < 4.78 is 0.